The van der Waals surface area contributed by atoms with Gasteiger partial charge in [-0.05, 0) is 32.0 Å². The standard InChI is InChI=1S/C12H17BrClNO2/c1-8(2)17-12-5-9(13)3-4-11(12)15-7-10(16)6-14/h3-5,8,10,15-16H,6-7H2,1-2H3. The fourth-order valence-electron chi connectivity index (χ4n) is 1.28. The highest BCUT2D eigenvalue weighted by molar-refractivity contribution is 9.10. The van der Waals surface area contributed by atoms with Crippen LogP contribution in [0.1, 0.15) is 13.8 Å². The fraction of sp³-hybridized carbons (Fsp3) is 0.500. The molecule has 0 saturated carbocycles. The minimum atomic E-state index is -0.563. The van der Waals surface area contributed by atoms with Gasteiger partial charge in [-0.1, -0.05) is 15.9 Å². The molecular weight excluding hydrogens is 305 g/mol. The third-order valence-corrected chi connectivity index (χ3v) is 2.86. The largest absolute Gasteiger partial charge is 0.489 e. The van der Waals surface area contributed by atoms with Crippen molar-refractivity contribution in [1.82, 2.24) is 0 Å². The SMILES string of the molecule is CC(C)Oc1cc(Br)ccc1NCC(O)CCl. The van der Waals surface area contributed by atoms with E-state index in [0.717, 1.165) is 15.9 Å². The molecule has 1 atom stereocenters. The van der Waals surface area contributed by atoms with E-state index in [1.807, 2.05) is 32.0 Å². The number of ether oxygens (including phenoxy) is 1. The summed E-state index contributed by atoms with van der Waals surface area (Å²) in [6.45, 7) is 4.34. The summed E-state index contributed by atoms with van der Waals surface area (Å²) in [5.41, 5.74) is 0.853. The molecule has 17 heavy (non-hydrogen) atoms. The van der Waals surface area contributed by atoms with Crippen molar-refractivity contribution in [3.63, 3.8) is 0 Å². The van der Waals surface area contributed by atoms with Crippen LogP contribution >= 0.6 is 27.5 Å². The molecule has 0 radical (unpaired) electrons. The van der Waals surface area contributed by atoms with Crippen molar-refractivity contribution in [2.75, 3.05) is 17.7 Å². The van der Waals surface area contributed by atoms with Gasteiger partial charge in [0.2, 0.25) is 0 Å². The predicted molar refractivity (Wildman–Crippen MR) is 75.1 cm³/mol. The Kier molecular flexibility index (Phi) is 6.09. The van der Waals surface area contributed by atoms with E-state index in [0.29, 0.717) is 6.54 Å². The van der Waals surface area contributed by atoms with E-state index in [1.54, 1.807) is 0 Å². The van der Waals surface area contributed by atoms with E-state index in [4.69, 9.17) is 16.3 Å². The van der Waals surface area contributed by atoms with Crippen LogP contribution in [0.25, 0.3) is 0 Å². The van der Waals surface area contributed by atoms with Crippen LogP contribution in [0.15, 0.2) is 22.7 Å². The summed E-state index contributed by atoms with van der Waals surface area (Å²) in [7, 11) is 0. The molecule has 1 aromatic carbocycles. The van der Waals surface area contributed by atoms with Crippen LogP contribution in [0.3, 0.4) is 0 Å². The molecule has 0 spiro atoms. The van der Waals surface area contributed by atoms with Crippen molar-refractivity contribution < 1.29 is 9.84 Å². The van der Waals surface area contributed by atoms with E-state index >= 15 is 0 Å². The zero-order valence-corrected chi connectivity index (χ0v) is 12.3. The van der Waals surface area contributed by atoms with E-state index in [2.05, 4.69) is 21.2 Å². The van der Waals surface area contributed by atoms with Gasteiger partial charge in [-0.3, -0.25) is 0 Å². The van der Waals surface area contributed by atoms with Gasteiger partial charge in [-0.25, -0.2) is 0 Å². The van der Waals surface area contributed by atoms with Crippen LogP contribution in [-0.4, -0.2) is 29.7 Å². The normalized spacial score (nSPS) is 12.6. The van der Waals surface area contributed by atoms with Gasteiger partial charge in [0, 0.05) is 11.0 Å². The van der Waals surface area contributed by atoms with Gasteiger partial charge in [-0.2, -0.15) is 0 Å². The second-order valence-electron chi connectivity index (χ2n) is 4.00. The monoisotopic (exact) mass is 321 g/mol. The summed E-state index contributed by atoms with van der Waals surface area (Å²) in [4.78, 5) is 0. The first-order valence-corrected chi connectivity index (χ1v) is 6.79. The molecule has 5 heteroatoms. The molecule has 0 aliphatic rings. The molecule has 1 aromatic rings. The lowest BCUT2D eigenvalue weighted by atomic mass is 10.2. The number of hydrogen-bond acceptors (Lipinski definition) is 3. The van der Waals surface area contributed by atoms with Gasteiger partial charge in [-0.15, -0.1) is 11.6 Å². The summed E-state index contributed by atoms with van der Waals surface area (Å²) in [6, 6.07) is 5.72. The molecule has 0 amide bonds. The Balaban J connectivity index is 2.75. The average molecular weight is 323 g/mol. The first-order chi connectivity index (χ1) is 8.02. The number of aliphatic hydroxyl groups excluding tert-OH is 1. The molecular formula is C12H17BrClNO2. The van der Waals surface area contributed by atoms with Gasteiger partial charge in [0.05, 0.1) is 23.8 Å². The molecule has 1 rings (SSSR count). The van der Waals surface area contributed by atoms with Crippen molar-refractivity contribution in [1.29, 1.82) is 0 Å². The van der Waals surface area contributed by atoms with E-state index in [9.17, 15) is 5.11 Å². The molecule has 1 unspecified atom stereocenters. The maximum atomic E-state index is 9.40. The summed E-state index contributed by atoms with van der Waals surface area (Å²) in [5.74, 6) is 0.973. The van der Waals surface area contributed by atoms with Crippen molar-refractivity contribution in [2.24, 2.45) is 0 Å². The molecule has 2 N–H and O–H groups in total. The summed E-state index contributed by atoms with van der Waals surface area (Å²) < 4.78 is 6.64. The molecule has 0 bridgehead atoms. The molecule has 0 aliphatic carbocycles. The van der Waals surface area contributed by atoms with E-state index < -0.39 is 6.10 Å². The molecule has 0 saturated heterocycles. The van der Waals surface area contributed by atoms with Crippen LogP contribution in [-0.2, 0) is 0 Å². The van der Waals surface area contributed by atoms with Crippen LogP contribution in [0.2, 0.25) is 0 Å². The van der Waals surface area contributed by atoms with Gasteiger partial charge in [0.25, 0.3) is 0 Å². The molecule has 0 aliphatic heterocycles. The third-order valence-electron chi connectivity index (χ3n) is 2.01. The number of hydrogen-bond donors (Lipinski definition) is 2. The first kappa shape index (κ1) is 14.6. The van der Waals surface area contributed by atoms with Crippen LogP contribution in [0.5, 0.6) is 5.75 Å². The Labute approximate surface area is 115 Å². The molecule has 96 valence electrons. The topological polar surface area (TPSA) is 41.5 Å². The van der Waals surface area contributed by atoms with Gasteiger partial charge in [0.15, 0.2) is 0 Å². The number of benzene rings is 1. The number of nitrogens with one attached hydrogen (secondary N) is 1. The van der Waals surface area contributed by atoms with Crippen LogP contribution in [0.4, 0.5) is 5.69 Å². The highest BCUT2D eigenvalue weighted by Crippen LogP contribution is 2.29. The number of alkyl halides is 1. The lowest BCUT2D eigenvalue weighted by Gasteiger charge is -2.17. The Hall–Kier alpha value is -0.450. The number of halogens is 2. The smallest absolute Gasteiger partial charge is 0.143 e. The number of aliphatic hydroxyl groups is 1. The first-order valence-electron chi connectivity index (χ1n) is 5.47. The van der Waals surface area contributed by atoms with Crippen molar-refractivity contribution >= 4 is 33.2 Å². The lowest BCUT2D eigenvalue weighted by molar-refractivity contribution is 0.211. The summed E-state index contributed by atoms with van der Waals surface area (Å²) in [5, 5.41) is 12.5. The number of rotatable bonds is 6. The summed E-state index contributed by atoms with van der Waals surface area (Å²) in [6.07, 6.45) is -0.463. The zero-order valence-electron chi connectivity index (χ0n) is 9.91. The lowest BCUT2D eigenvalue weighted by Crippen LogP contribution is -2.21. The third kappa shape index (κ3) is 5.15. The van der Waals surface area contributed by atoms with Crippen LogP contribution in [0, 0.1) is 0 Å². The Morgan fingerprint density at radius 3 is 2.76 bits per heavy atom. The Morgan fingerprint density at radius 2 is 2.18 bits per heavy atom. The fourth-order valence-corrected chi connectivity index (χ4v) is 1.73. The summed E-state index contributed by atoms with van der Waals surface area (Å²) >= 11 is 8.94. The van der Waals surface area contributed by atoms with E-state index in [-0.39, 0.29) is 12.0 Å². The minimum absolute atomic E-state index is 0.0998. The zero-order chi connectivity index (χ0) is 12.8. The average Bonchev–Trinajstić information content (AvgIpc) is 2.26. The quantitative estimate of drug-likeness (QED) is 0.790. The second kappa shape index (κ2) is 7.09. The maximum absolute atomic E-state index is 9.40. The maximum Gasteiger partial charge on any atom is 0.143 e. The van der Waals surface area contributed by atoms with Gasteiger partial charge >= 0.3 is 0 Å². The highest BCUT2D eigenvalue weighted by atomic mass is 79.9. The van der Waals surface area contributed by atoms with Gasteiger partial charge in [0.1, 0.15) is 5.75 Å². The van der Waals surface area contributed by atoms with Crippen LogP contribution < -0.4 is 10.1 Å². The number of anilines is 1. The van der Waals surface area contributed by atoms with Crippen molar-refractivity contribution in [3.05, 3.63) is 22.7 Å². The Bertz CT molecular complexity index is 360. The molecule has 0 heterocycles. The predicted octanol–water partition coefficient (Wildman–Crippen LogP) is 3.25. The second-order valence-corrected chi connectivity index (χ2v) is 5.22. The molecule has 0 fully saturated rings. The minimum Gasteiger partial charge on any atom is -0.489 e. The van der Waals surface area contributed by atoms with Gasteiger partial charge < -0.3 is 15.2 Å². The van der Waals surface area contributed by atoms with Crippen molar-refractivity contribution in [2.45, 2.75) is 26.1 Å². The Morgan fingerprint density at radius 1 is 1.47 bits per heavy atom. The van der Waals surface area contributed by atoms with Crippen molar-refractivity contribution in [3.8, 4) is 5.75 Å². The molecule has 3 nitrogen and oxygen atoms in total. The highest BCUT2D eigenvalue weighted by Gasteiger charge is 2.08. The molecule has 0 aromatic heterocycles. The van der Waals surface area contributed by atoms with E-state index in [1.165, 1.54) is 0 Å².